The van der Waals surface area contributed by atoms with Gasteiger partial charge < -0.3 is 19.7 Å². The highest BCUT2D eigenvalue weighted by molar-refractivity contribution is 7.99. The molecule has 0 radical (unpaired) electrons. The molecule has 0 saturated carbocycles. The lowest BCUT2D eigenvalue weighted by Crippen LogP contribution is -2.09. The van der Waals surface area contributed by atoms with E-state index in [1.54, 1.807) is 23.9 Å². The second kappa shape index (κ2) is 16.8. The Labute approximate surface area is 258 Å². The van der Waals surface area contributed by atoms with Gasteiger partial charge in [0.05, 0.1) is 17.7 Å². The van der Waals surface area contributed by atoms with E-state index in [1.165, 1.54) is 13.8 Å². The van der Waals surface area contributed by atoms with Gasteiger partial charge in [-0.1, -0.05) is 44.9 Å². The van der Waals surface area contributed by atoms with Crippen molar-refractivity contribution in [3.05, 3.63) is 76.3 Å². The van der Waals surface area contributed by atoms with Gasteiger partial charge in [-0.3, -0.25) is 14.4 Å². The van der Waals surface area contributed by atoms with Gasteiger partial charge in [0.15, 0.2) is 11.6 Å². The number of aliphatic carboxylic acids is 1. The summed E-state index contributed by atoms with van der Waals surface area (Å²) in [4.78, 5) is 36.3. The molecule has 0 spiro atoms. The Kier molecular flexibility index (Phi) is 13.1. The third kappa shape index (κ3) is 9.35. The Morgan fingerprint density at radius 2 is 1.47 bits per heavy atom. The molecule has 0 aromatic heterocycles. The van der Waals surface area contributed by atoms with Crippen LogP contribution >= 0.6 is 11.8 Å². The van der Waals surface area contributed by atoms with Crippen LogP contribution in [0.1, 0.15) is 97.2 Å². The van der Waals surface area contributed by atoms with Gasteiger partial charge in [-0.25, -0.2) is 0 Å². The molecule has 43 heavy (non-hydrogen) atoms. The van der Waals surface area contributed by atoms with Crippen LogP contribution in [0.25, 0.3) is 0 Å². The topological polar surface area (TPSA) is 110 Å². The first-order chi connectivity index (χ1) is 20.7. The summed E-state index contributed by atoms with van der Waals surface area (Å²) in [6.07, 6.45) is 5.00. The van der Waals surface area contributed by atoms with E-state index in [9.17, 15) is 19.5 Å². The van der Waals surface area contributed by atoms with E-state index in [2.05, 4.69) is 6.92 Å². The monoisotopic (exact) mass is 606 g/mol. The zero-order valence-electron chi connectivity index (χ0n) is 25.5. The number of aryl methyl sites for hydroxylation is 1. The van der Waals surface area contributed by atoms with E-state index in [1.807, 2.05) is 43.3 Å². The number of carbonyl (C=O) groups is 3. The van der Waals surface area contributed by atoms with Crippen molar-refractivity contribution in [3.8, 4) is 23.0 Å². The number of hydrogen-bond acceptors (Lipinski definition) is 7. The fourth-order valence-electron chi connectivity index (χ4n) is 4.93. The standard InChI is InChI=1S/C35H42O7S/c1-5-11-28-31(19-17-27(24(4)37)35(28)41-21-9-16-33(38)39)42-30-15-8-7-13-25(30)14-10-22-43-32-20-18-26(23(3)36)34(40)29(32)12-6-2/h7-8,13,15,17-20,40H,5-6,9-12,14,16,21-22H2,1-4H3,(H,38,39). The number of rotatable bonds is 18. The van der Waals surface area contributed by atoms with Crippen LogP contribution in [0.15, 0.2) is 53.4 Å². The summed E-state index contributed by atoms with van der Waals surface area (Å²) >= 11 is 1.68. The highest BCUT2D eigenvalue weighted by Gasteiger charge is 2.20. The van der Waals surface area contributed by atoms with Crippen molar-refractivity contribution in [2.45, 2.75) is 84.0 Å². The van der Waals surface area contributed by atoms with E-state index in [4.69, 9.17) is 14.6 Å². The maximum atomic E-state index is 12.4. The SMILES string of the molecule is CCCc1c(SCCCc2ccccc2Oc2ccc(C(C)=O)c(OCCCC(=O)O)c2CCC)ccc(C(C)=O)c1O. The number of hydrogen-bond donors (Lipinski definition) is 2. The average molecular weight is 607 g/mol. The number of thioether (sulfide) groups is 1. The molecule has 8 heteroatoms. The smallest absolute Gasteiger partial charge is 0.303 e. The number of phenols is 1. The van der Waals surface area contributed by atoms with Crippen molar-refractivity contribution in [1.29, 1.82) is 0 Å². The molecule has 0 saturated heterocycles. The first-order valence-corrected chi connectivity index (χ1v) is 15.9. The number of carboxylic acids is 1. The van der Waals surface area contributed by atoms with E-state index < -0.39 is 5.97 Å². The minimum atomic E-state index is -0.887. The second-order valence-corrected chi connectivity index (χ2v) is 11.6. The number of benzene rings is 3. The highest BCUT2D eigenvalue weighted by atomic mass is 32.2. The van der Waals surface area contributed by atoms with Crippen LogP contribution < -0.4 is 9.47 Å². The average Bonchev–Trinajstić information content (AvgIpc) is 2.96. The van der Waals surface area contributed by atoms with E-state index >= 15 is 0 Å². The number of carboxylic acid groups (broad SMARTS) is 1. The third-order valence-electron chi connectivity index (χ3n) is 7.04. The predicted octanol–water partition coefficient (Wildman–Crippen LogP) is 8.46. The Morgan fingerprint density at radius 1 is 0.791 bits per heavy atom. The van der Waals surface area contributed by atoms with Crippen molar-refractivity contribution in [2.24, 2.45) is 0 Å². The Bertz CT molecular complexity index is 1430. The minimum absolute atomic E-state index is 0.00876. The molecule has 3 aromatic rings. The van der Waals surface area contributed by atoms with Crippen LogP contribution in [0.4, 0.5) is 0 Å². The molecule has 3 rings (SSSR count). The lowest BCUT2D eigenvalue weighted by atomic mass is 10.0. The molecule has 3 aromatic carbocycles. The Morgan fingerprint density at radius 3 is 2.14 bits per heavy atom. The fourth-order valence-corrected chi connectivity index (χ4v) is 5.98. The number of ether oxygens (including phenoxy) is 2. The van der Waals surface area contributed by atoms with Gasteiger partial charge in [0.25, 0.3) is 0 Å². The molecule has 0 amide bonds. The zero-order valence-corrected chi connectivity index (χ0v) is 26.4. The van der Waals surface area contributed by atoms with Crippen molar-refractivity contribution in [2.75, 3.05) is 12.4 Å². The van der Waals surface area contributed by atoms with Gasteiger partial charge in [-0.15, -0.1) is 11.8 Å². The van der Waals surface area contributed by atoms with Crippen molar-refractivity contribution in [1.82, 2.24) is 0 Å². The molecule has 0 fully saturated rings. The predicted molar refractivity (Wildman–Crippen MR) is 170 cm³/mol. The van der Waals surface area contributed by atoms with Crippen molar-refractivity contribution >= 4 is 29.3 Å². The first kappa shape index (κ1) is 33.7. The summed E-state index contributed by atoms with van der Waals surface area (Å²) in [6, 6.07) is 15.0. The molecular weight excluding hydrogens is 564 g/mol. The van der Waals surface area contributed by atoms with Crippen LogP contribution in [0, 0.1) is 0 Å². The number of ketones is 2. The van der Waals surface area contributed by atoms with Gasteiger partial charge in [0.1, 0.15) is 23.0 Å². The minimum Gasteiger partial charge on any atom is -0.507 e. The van der Waals surface area contributed by atoms with Crippen molar-refractivity contribution in [3.63, 3.8) is 0 Å². The maximum absolute atomic E-state index is 12.4. The lowest BCUT2D eigenvalue weighted by molar-refractivity contribution is -0.137. The zero-order chi connectivity index (χ0) is 31.4. The Balaban J connectivity index is 1.77. The van der Waals surface area contributed by atoms with Gasteiger partial charge in [-0.05, 0) is 87.6 Å². The molecule has 2 N–H and O–H groups in total. The normalized spacial score (nSPS) is 10.9. The van der Waals surface area contributed by atoms with Crippen LogP contribution in [0.5, 0.6) is 23.0 Å². The summed E-state index contributed by atoms with van der Waals surface area (Å²) < 4.78 is 12.5. The molecule has 7 nitrogen and oxygen atoms in total. The quantitative estimate of drug-likeness (QED) is 0.0843. The van der Waals surface area contributed by atoms with Crippen LogP contribution in [-0.2, 0) is 24.1 Å². The molecule has 0 atom stereocenters. The Hall–Kier alpha value is -3.78. The number of phenolic OH excluding ortho intramolecular Hbond substituents is 1. The van der Waals surface area contributed by atoms with Gasteiger partial charge >= 0.3 is 5.97 Å². The van der Waals surface area contributed by atoms with Gasteiger partial charge in [0, 0.05) is 22.4 Å². The van der Waals surface area contributed by atoms with Crippen LogP contribution in [-0.4, -0.2) is 40.1 Å². The van der Waals surface area contributed by atoms with Crippen LogP contribution in [0.2, 0.25) is 0 Å². The molecule has 0 unspecified atom stereocenters. The summed E-state index contributed by atoms with van der Waals surface area (Å²) in [5, 5.41) is 19.7. The first-order valence-electron chi connectivity index (χ1n) is 14.9. The summed E-state index contributed by atoms with van der Waals surface area (Å²) in [5.41, 5.74) is 3.51. The number of carbonyl (C=O) groups excluding carboxylic acids is 2. The molecular formula is C35H42O7S. The largest absolute Gasteiger partial charge is 0.507 e. The maximum Gasteiger partial charge on any atom is 0.303 e. The molecule has 0 aliphatic heterocycles. The molecule has 0 aliphatic rings. The molecule has 230 valence electrons. The van der Waals surface area contributed by atoms with Crippen molar-refractivity contribution < 1.29 is 34.1 Å². The lowest BCUT2D eigenvalue weighted by Gasteiger charge is -2.19. The second-order valence-electron chi connectivity index (χ2n) is 10.5. The van der Waals surface area contributed by atoms with Gasteiger partial charge in [0.2, 0.25) is 0 Å². The summed E-state index contributed by atoms with van der Waals surface area (Å²) in [6.45, 7) is 7.25. The number of aromatic hydroxyl groups is 1. The summed E-state index contributed by atoms with van der Waals surface area (Å²) in [5.74, 6) is 1.59. The number of para-hydroxylation sites is 1. The van der Waals surface area contributed by atoms with Gasteiger partial charge in [-0.2, -0.15) is 0 Å². The highest BCUT2D eigenvalue weighted by Crippen LogP contribution is 2.38. The van der Waals surface area contributed by atoms with E-state index in [-0.39, 0.29) is 30.3 Å². The number of Topliss-reactive ketones (excluding diaryl/α,β-unsaturated/α-hetero) is 2. The molecule has 0 bridgehead atoms. The third-order valence-corrected chi connectivity index (χ3v) is 8.22. The molecule has 0 aliphatic carbocycles. The van der Waals surface area contributed by atoms with E-state index in [0.717, 1.165) is 58.8 Å². The molecule has 0 heterocycles. The fraction of sp³-hybridized carbons (Fsp3) is 0.400. The summed E-state index contributed by atoms with van der Waals surface area (Å²) in [7, 11) is 0. The van der Waals surface area contributed by atoms with E-state index in [0.29, 0.717) is 41.9 Å². The van der Waals surface area contributed by atoms with Crippen LogP contribution in [0.3, 0.4) is 0 Å².